The Labute approximate surface area is 122 Å². The Hall–Kier alpha value is -2.44. The van der Waals surface area contributed by atoms with E-state index in [9.17, 15) is 4.79 Å². The number of carbonyl (C=O) groups is 1. The molecule has 7 nitrogen and oxygen atoms in total. The third-order valence-corrected chi connectivity index (χ3v) is 2.76. The molecule has 1 aromatic carbocycles. The van der Waals surface area contributed by atoms with Gasteiger partial charge in [-0.05, 0) is 42.8 Å². The summed E-state index contributed by atoms with van der Waals surface area (Å²) in [5.74, 6) is 0.536. The summed E-state index contributed by atoms with van der Waals surface area (Å²) in [5, 5.41) is 20.2. The largest absolute Gasteiger partial charge is 0.491 e. The van der Waals surface area contributed by atoms with Gasteiger partial charge in [0.15, 0.2) is 5.82 Å². The van der Waals surface area contributed by atoms with Gasteiger partial charge in [0.1, 0.15) is 5.75 Å². The molecule has 2 aromatic rings. The average molecular weight is 290 g/mol. The molecule has 21 heavy (non-hydrogen) atoms. The van der Waals surface area contributed by atoms with E-state index < -0.39 is 5.97 Å². The first kappa shape index (κ1) is 15.0. The molecule has 0 saturated carbocycles. The van der Waals surface area contributed by atoms with Crippen molar-refractivity contribution >= 4 is 5.97 Å². The third kappa shape index (κ3) is 4.27. The van der Waals surface area contributed by atoms with Crippen LogP contribution in [0.25, 0.3) is 11.4 Å². The van der Waals surface area contributed by atoms with Crippen LogP contribution in [0.15, 0.2) is 24.3 Å². The molecule has 0 aliphatic carbocycles. The van der Waals surface area contributed by atoms with Crippen molar-refractivity contribution < 1.29 is 14.6 Å². The normalized spacial score (nSPS) is 10.8. The summed E-state index contributed by atoms with van der Waals surface area (Å²) in [6.07, 6.45) is 0.664. The lowest BCUT2D eigenvalue weighted by molar-refractivity contribution is -0.137. The van der Waals surface area contributed by atoms with Gasteiger partial charge in [0.2, 0.25) is 0 Å². The van der Waals surface area contributed by atoms with E-state index in [4.69, 9.17) is 9.84 Å². The standard InChI is InChI=1S/C14H18N4O3/c1-10(2)21-12-6-3-5-11(9-12)14-15-16-17-18(14)8-4-7-13(19)20/h3,5-6,9-10H,4,7-8H2,1-2H3,(H,19,20). The number of hydrogen-bond acceptors (Lipinski definition) is 5. The highest BCUT2D eigenvalue weighted by Crippen LogP contribution is 2.22. The number of rotatable bonds is 7. The summed E-state index contributed by atoms with van der Waals surface area (Å²) >= 11 is 0. The maximum Gasteiger partial charge on any atom is 0.303 e. The molecule has 2 rings (SSSR count). The Kier molecular flexibility index (Phi) is 4.86. The minimum atomic E-state index is -0.822. The number of hydrogen-bond donors (Lipinski definition) is 1. The maximum absolute atomic E-state index is 10.6. The summed E-state index contributed by atoms with van der Waals surface area (Å²) in [7, 11) is 0. The fourth-order valence-corrected chi connectivity index (χ4v) is 1.92. The lowest BCUT2D eigenvalue weighted by Crippen LogP contribution is -2.07. The maximum atomic E-state index is 10.6. The lowest BCUT2D eigenvalue weighted by atomic mass is 10.2. The van der Waals surface area contributed by atoms with Crippen LogP contribution in [0.2, 0.25) is 0 Å². The number of benzene rings is 1. The van der Waals surface area contributed by atoms with Crippen molar-refractivity contribution in [3.05, 3.63) is 24.3 Å². The van der Waals surface area contributed by atoms with E-state index in [1.807, 2.05) is 38.1 Å². The van der Waals surface area contributed by atoms with Crippen LogP contribution in [0.4, 0.5) is 0 Å². The van der Waals surface area contributed by atoms with Crippen molar-refractivity contribution in [3.8, 4) is 17.1 Å². The van der Waals surface area contributed by atoms with Crippen LogP contribution in [0.3, 0.4) is 0 Å². The number of aryl methyl sites for hydroxylation is 1. The summed E-state index contributed by atoms with van der Waals surface area (Å²) in [5.41, 5.74) is 0.841. The number of tetrazole rings is 1. The molecular weight excluding hydrogens is 272 g/mol. The van der Waals surface area contributed by atoms with Crippen molar-refractivity contribution in [2.75, 3.05) is 0 Å². The second kappa shape index (κ2) is 6.83. The van der Waals surface area contributed by atoms with Gasteiger partial charge in [-0.15, -0.1) is 5.10 Å². The van der Waals surface area contributed by atoms with Gasteiger partial charge >= 0.3 is 5.97 Å². The summed E-state index contributed by atoms with van der Waals surface area (Å²) in [6.45, 7) is 4.38. The van der Waals surface area contributed by atoms with Crippen molar-refractivity contribution in [3.63, 3.8) is 0 Å². The molecule has 0 radical (unpaired) electrons. The predicted molar refractivity (Wildman–Crippen MR) is 75.9 cm³/mol. The molecule has 0 unspecified atom stereocenters. The van der Waals surface area contributed by atoms with Crippen LogP contribution in [0.1, 0.15) is 26.7 Å². The number of carboxylic acids is 1. The Morgan fingerprint density at radius 2 is 2.24 bits per heavy atom. The molecule has 0 atom stereocenters. The summed E-state index contributed by atoms with van der Waals surface area (Å²) < 4.78 is 7.26. The number of aliphatic carboxylic acids is 1. The quantitative estimate of drug-likeness (QED) is 0.838. The molecular formula is C14H18N4O3. The minimum absolute atomic E-state index is 0.0896. The Balaban J connectivity index is 2.14. The van der Waals surface area contributed by atoms with E-state index in [2.05, 4.69) is 15.5 Å². The average Bonchev–Trinajstić information content (AvgIpc) is 2.86. The predicted octanol–water partition coefficient (Wildman–Crippen LogP) is 1.99. The second-order valence-corrected chi connectivity index (χ2v) is 4.92. The van der Waals surface area contributed by atoms with E-state index in [1.165, 1.54) is 0 Å². The molecule has 1 heterocycles. The zero-order valence-corrected chi connectivity index (χ0v) is 12.1. The van der Waals surface area contributed by atoms with E-state index in [0.29, 0.717) is 18.8 Å². The molecule has 1 aromatic heterocycles. The van der Waals surface area contributed by atoms with E-state index in [0.717, 1.165) is 11.3 Å². The molecule has 112 valence electrons. The zero-order valence-electron chi connectivity index (χ0n) is 12.1. The van der Waals surface area contributed by atoms with Crippen LogP contribution >= 0.6 is 0 Å². The highest BCUT2D eigenvalue weighted by Gasteiger charge is 2.10. The fraction of sp³-hybridized carbons (Fsp3) is 0.429. The smallest absolute Gasteiger partial charge is 0.303 e. The molecule has 0 saturated heterocycles. The van der Waals surface area contributed by atoms with Gasteiger partial charge in [0.05, 0.1) is 6.10 Å². The van der Waals surface area contributed by atoms with Crippen molar-refractivity contribution in [2.24, 2.45) is 0 Å². The van der Waals surface area contributed by atoms with Crippen LogP contribution in [0, 0.1) is 0 Å². The van der Waals surface area contributed by atoms with Gasteiger partial charge in [-0.25, -0.2) is 4.68 Å². The van der Waals surface area contributed by atoms with Gasteiger partial charge in [0.25, 0.3) is 0 Å². The first-order valence-electron chi connectivity index (χ1n) is 6.81. The first-order chi connectivity index (χ1) is 10.1. The third-order valence-electron chi connectivity index (χ3n) is 2.76. The van der Waals surface area contributed by atoms with Crippen LogP contribution in [-0.4, -0.2) is 37.4 Å². The fourth-order valence-electron chi connectivity index (χ4n) is 1.92. The molecule has 0 spiro atoms. The van der Waals surface area contributed by atoms with Gasteiger partial charge in [-0.3, -0.25) is 4.79 Å². The van der Waals surface area contributed by atoms with Gasteiger partial charge < -0.3 is 9.84 Å². The van der Waals surface area contributed by atoms with Crippen LogP contribution in [0.5, 0.6) is 5.75 Å². The molecule has 7 heteroatoms. The monoisotopic (exact) mass is 290 g/mol. The minimum Gasteiger partial charge on any atom is -0.491 e. The van der Waals surface area contributed by atoms with Crippen molar-refractivity contribution in [2.45, 2.75) is 39.3 Å². The van der Waals surface area contributed by atoms with Crippen molar-refractivity contribution in [1.29, 1.82) is 0 Å². The van der Waals surface area contributed by atoms with Gasteiger partial charge in [0, 0.05) is 18.5 Å². The van der Waals surface area contributed by atoms with E-state index >= 15 is 0 Å². The van der Waals surface area contributed by atoms with Crippen LogP contribution < -0.4 is 4.74 Å². The zero-order chi connectivity index (χ0) is 15.2. The first-order valence-corrected chi connectivity index (χ1v) is 6.81. The Morgan fingerprint density at radius 1 is 1.43 bits per heavy atom. The second-order valence-electron chi connectivity index (χ2n) is 4.92. The highest BCUT2D eigenvalue weighted by atomic mass is 16.5. The highest BCUT2D eigenvalue weighted by molar-refractivity contribution is 5.66. The number of ether oxygens (including phenoxy) is 1. The van der Waals surface area contributed by atoms with Crippen LogP contribution in [-0.2, 0) is 11.3 Å². The number of carboxylic acid groups (broad SMARTS) is 1. The van der Waals surface area contributed by atoms with E-state index in [1.54, 1.807) is 4.68 Å². The summed E-state index contributed by atoms with van der Waals surface area (Å²) in [4.78, 5) is 10.6. The number of nitrogens with zero attached hydrogens (tertiary/aromatic N) is 4. The summed E-state index contributed by atoms with van der Waals surface area (Å²) in [6, 6.07) is 7.53. The SMILES string of the molecule is CC(C)Oc1cccc(-c2nnnn2CCCC(=O)O)c1. The molecule has 0 aliphatic heterocycles. The van der Waals surface area contributed by atoms with E-state index in [-0.39, 0.29) is 12.5 Å². The van der Waals surface area contributed by atoms with Gasteiger partial charge in [-0.1, -0.05) is 12.1 Å². The molecule has 1 N–H and O–H groups in total. The number of aromatic nitrogens is 4. The lowest BCUT2D eigenvalue weighted by Gasteiger charge is -2.10. The molecule has 0 bridgehead atoms. The van der Waals surface area contributed by atoms with Gasteiger partial charge in [-0.2, -0.15) is 0 Å². The van der Waals surface area contributed by atoms with Crippen molar-refractivity contribution in [1.82, 2.24) is 20.2 Å². The molecule has 0 amide bonds. The molecule has 0 aliphatic rings. The topological polar surface area (TPSA) is 90.1 Å². The Bertz CT molecular complexity index is 610. The molecule has 0 fully saturated rings. The Morgan fingerprint density at radius 3 is 2.95 bits per heavy atom.